The van der Waals surface area contributed by atoms with Crippen LogP contribution in [0.2, 0.25) is 0 Å². The molecule has 88 valence electrons. The van der Waals surface area contributed by atoms with Crippen molar-refractivity contribution >= 4 is 0 Å². The maximum Gasteiger partial charge on any atom is 0.128 e. The van der Waals surface area contributed by atoms with Gasteiger partial charge in [-0.1, -0.05) is 24.3 Å². The standard InChI is InChI=1S/C14H15FN2/c1-10-7-8-11(9-17-10)14(16-2)12-5-3-4-6-13(12)15/h3-9,14,16H,1-2H3. The lowest BCUT2D eigenvalue weighted by molar-refractivity contribution is 0.575. The van der Waals surface area contributed by atoms with Crippen molar-refractivity contribution in [3.8, 4) is 0 Å². The van der Waals surface area contributed by atoms with Gasteiger partial charge in [-0.2, -0.15) is 0 Å². The molecule has 0 saturated heterocycles. The maximum atomic E-state index is 13.7. The van der Waals surface area contributed by atoms with E-state index in [2.05, 4.69) is 10.3 Å². The fourth-order valence-corrected chi connectivity index (χ4v) is 1.86. The third-order valence-corrected chi connectivity index (χ3v) is 2.77. The molecule has 0 saturated carbocycles. The molecule has 1 atom stereocenters. The largest absolute Gasteiger partial charge is 0.309 e. The number of nitrogens with one attached hydrogen (secondary N) is 1. The van der Waals surface area contributed by atoms with Crippen molar-refractivity contribution < 1.29 is 4.39 Å². The molecule has 2 aromatic rings. The highest BCUT2D eigenvalue weighted by atomic mass is 19.1. The fourth-order valence-electron chi connectivity index (χ4n) is 1.86. The van der Waals surface area contributed by atoms with Crippen molar-refractivity contribution in [1.82, 2.24) is 10.3 Å². The van der Waals surface area contributed by atoms with E-state index in [-0.39, 0.29) is 11.9 Å². The normalized spacial score (nSPS) is 12.4. The minimum Gasteiger partial charge on any atom is -0.309 e. The highest BCUT2D eigenvalue weighted by Crippen LogP contribution is 2.23. The van der Waals surface area contributed by atoms with E-state index >= 15 is 0 Å². The summed E-state index contributed by atoms with van der Waals surface area (Å²) in [6, 6.07) is 10.5. The molecule has 3 heteroatoms. The quantitative estimate of drug-likeness (QED) is 0.877. The van der Waals surface area contributed by atoms with Gasteiger partial charge in [-0.3, -0.25) is 4.98 Å². The molecule has 0 bridgehead atoms. The molecule has 0 aliphatic carbocycles. The lowest BCUT2D eigenvalue weighted by atomic mass is 10.00. The lowest BCUT2D eigenvalue weighted by Crippen LogP contribution is -2.19. The number of hydrogen-bond acceptors (Lipinski definition) is 2. The van der Waals surface area contributed by atoms with E-state index in [4.69, 9.17) is 0 Å². The van der Waals surface area contributed by atoms with Crippen LogP contribution in [0.25, 0.3) is 0 Å². The summed E-state index contributed by atoms with van der Waals surface area (Å²) in [7, 11) is 1.82. The van der Waals surface area contributed by atoms with E-state index in [1.165, 1.54) is 6.07 Å². The first-order chi connectivity index (χ1) is 8.22. The van der Waals surface area contributed by atoms with Gasteiger partial charge in [0.2, 0.25) is 0 Å². The number of rotatable bonds is 3. The molecule has 0 spiro atoms. The maximum absolute atomic E-state index is 13.7. The monoisotopic (exact) mass is 230 g/mol. The average molecular weight is 230 g/mol. The Bertz CT molecular complexity index is 494. The van der Waals surface area contributed by atoms with Crippen molar-refractivity contribution in [2.75, 3.05) is 7.05 Å². The smallest absolute Gasteiger partial charge is 0.128 e. The molecule has 1 aromatic carbocycles. The summed E-state index contributed by atoms with van der Waals surface area (Å²) in [4.78, 5) is 4.24. The number of aryl methyl sites for hydroxylation is 1. The first-order valence-electron chi connectivity index (χ1n) is 5.56. The zero-order chi connectivity index (χ0) is 12.3. The average Bonchev–Trinajstić information content (AvgIpc) is 2.35. The van der Waals surface area contributed by atoms with Gasteiger partial charge in [-0.25, -0.2) is 4.39 Å². The molecule has 2 rings (SSSR count). The minimum absolute atomic E-state index is 0.163. The summed E-state index contributed by atoms with van der Waals surface area (Å²) in [6.45, 7) is 1.93. The second-order valence-electron chi connectivity index (χ2n) is 3.98. The second kappa shape index (κ2) is 5.06. The summed E-state index contributed by atoms with van der Waals surface area (Å²) in [5.41, 5.74) is 2.56. The Balaban J connectivity index is 2.40. The zero-order valence-corrected chi connectivity index (χ0v) is 9.94. The minimum atomic E-state index is -0.201. The number of aromatic nitrogens is 1. The van der Waals surface area contributed by atoms with Crippen molar-refractivity contribution in [3.05, 3.63) is 65.2 Å². The topological polar surface area (TPSA) is 24.9 Å². The van der Waals surface area contributed by atoms with E-state index in [1.807, 2.05) is 32.2 Å². The fraction of sp³-hybridized carbons (Fsp3) is 0.214. The molecule has 0 radical (unpaired) electrons. The molecule has 1 unspecified atom stereocenters. The summed E-state index contributed by atoms with van der Waals surface area (Å²) in [5.74, 6) is -0.201. The zero-order valence-electron chi connectivity index (χ0n) is 9.94. The summed E-state index contributed by atoms with van der Waals surface area (Å²) in [5, 5.41) is 3.11. The number of hydrogen-bond donors (Lipinski definition) is 1. The number of benzene rings is 1. The molecule has 0 amide bonds. The van der Waals surface area contributed by atoms with Gasteiger partial charge in [-0.05, 0) is 31.7 Å². The van der Waals surface area contributed by atoms with Gasteiger partial charge in [0.25, 0.3) is 0 Å². The molecule has 0 aliphatic heterocycles. The molecule has 0 aliphatic rings. The SMILES string of the molecule is CNC(c1ccc(C)nc1)c1ccccc1F. The second-order valence-corrected chi connectivity index (χ2v) is 3.98. The van der Waals surface area contributed by atoms with Gasteiger partial charge in [0.1, 0.15) is 5.82 Å². The third-order valence-electron chi connectivity index (χ3n) is 2.77. The summed E-state index contributed by atoms with van der Waals surface area (Å²) in [6.07, 6.45) is 1.78. The summed E-state index contributed by atoms with van der Waals surface area (Å²) >= 11 is 0. The molecule has 0 fully saturated rings. The summed E-state index contributed by atoms with van der Waals surface area (Å²) < 4.78 is 13.7. The van der Waals surface area contributed by atoms with Crippen LogP contribution >= 0.6 is 0 Å². The van der Waals surface area contributed by atoms with E-state index in [0.717, 1.165) is 11.3 Å². The Labute approximate surface area is 101 Å². The van der Waals surface area contributed by atoms with Crippen LogP contribution in [-0.2, 0) is 0 Å². The van der Waals surface area contributed by atoms with Gasteiger partial charge in [0, 0.05) is 17.5 Å². The van der Waals surface area contributed by atoms with Crippen LogP contribution in [0.15, 0.2) is 42.6 Å². The van der Waals surface area contributed by atoms with Gasteiger partial charge in [-0.15, -0.1) is 0 Å². The van der Waals surface area contributed by atoms with Crippen molar-refractivity contribution in [2.24, 2.45) is 0 Å². The van der Waals surface area contributed by atoms with Crippen molar-refractivity contribution in [2.45, 2.75) is 13.0 Å². The first-order valence-corrected chi connectivity index (χ1v) is 5.56. The molecule has 1 heterocycles. The van der Waals surface area contributed by atoms with E-state index in [1.54, 1.807) is 18.3 Å². The van der Waals surface area contributed by atoms with Gasteiger partial charge >= 0.3 is 0 Å². The van der Waals surface area contributed by atoms with Gasteiger partial charge in [0.05, 0.1) is 6.04 Å². The predicted octanol–water partition coefficient (Wildman–Crippen LogP) is 2.84. The molecule has 17 heavy (non-hydrogen) atoms. The predicted molar refractivity (Wildman–Crippen MR) is 66.3 cm³/mol. The van der Waals surface area contributed by atoms with Crippen molar-refractivity contribution in [1.29, 1.82) is 0 Å². The van der Waals surface area contributed by atoms with Crippen LogP contribution < -0.4 is 5.32 Å². The molecule has 2 nitrogen and oxygen atoms in total. The van der Waals surface area contributed by atoms with Crippen LogP contribution in [0, 0.1) is 12.7 Å². The number of pyridine rings is 1. The Morgan fingerprint density at radius 3 is 2.53 bits per heavy atom. The molecular formula is C14H15FN2. The van der Waals surface area contributed by atoms with E-state index < -0.39 is 0 Å². The van der Waals surface area contributed by atoms with E-state index in [9.17, 15) is 4.39 Å². The lowest BCUT2D eigenvalue weighted by Gasteiger charge is -2.17. The van der Waals surface area contributed by atoms with Gasteiger partial charge in [0.15, 0.2) is 0 Å². The van der Waals surface area contributed by atoms with Crippen LogP contribution in [-0.4, -0.2) is 12.0 Å². The Morgan fingerprint density at radius 1 is 1.18 bits per heavy atom. The van der Waals surface area contributed by atoms with Crippen LogP contribution in [0.4, 0.5) is 4.39 Å². The Morgan fingerprint density at radius 2 is 1.94 bits per heavy atom. The molecule has 1 aromatic heterocycles. The van der Waals surface area contributed by atoms with Crippen LogP contribution in [0.1, 0.15) is 22.9 Å². The molecule has 1 N–H and O–H groups in total. The highest BCUT2D eigenvalue weighted by Gasteiger charge is 2.15. The number of halogens is 1. The van der Waals surface area contributed by atoms with Gasteiger partial charge < -0.3 is 5.32 Å². The van der Waals surface area contributed by atoms with Crippen LogP contribution in [0.3, 0.4) is 0 Å². The van der Waals surface area contributed by atoms with E-state index in [0.29, 0.717) is 5.56 Å². The Hall–Kier alpha value is -1.74. The first kappa shape index (κ1) is 11.7. The third kappa shape index (κ3) is 2.50. The number of nitrogens with zero attached hydrogens (tertiary/aromatic N) is 1. The van der Waals surface area contributed by atoms with Crippen molar-refractivity contribution in [3.63, 3.8) is 0 Å². The molecular weight excluding hydrogens is 215 g/mol. The van der Waals surface area contributed by atoms with Crippen LogP contribution in [0.5, 0.6) is 0 Å². The highest BCUT2D eigenvalue weighted by molar-refractivity contribution is 5.31. The Kier molecular flexibility index (Phi) is 3.49.